The molecule has 0 bridgehead atoms. The van der Waals surface area contributed by atoms with E-state index in [1.165, 1.54) is 135 Å². The average molecular weight is 658 g/mol. The zero-order valence-electron chi connectivity index (χ0n) is 31.4. The summed E-state index contributed by atoms with van der Waals surface area (Å²) in [6.45, 7) is 8.07. The molecule has 1 aliphatic heterocycles. The maximum absolute atomic E-state index is 9.55. The van der Waals surface area contributed by atoms with Crippen LogP contribution in [0.1, 0.15) is 181 Å². The Morgan fingerprint density at radius 1 is 0.553 bits per heavy atom. The van der Waals surface area contributed by atoms with Gasteiger partial charge in [-0.25, -0.2) is 0 Å². The van der Waals surface area contributed by atoms with Crippen LogP contribution in [0.25, 0.3) is 0 Å². The Hall–Kier alpha value is -1.20. The fraction of sp³-hybridized carbons (Fsp3) is 0.814. The summed E-state index contributed by atoms with van der Waals surface area (Å²) in [5.74, 6) is 0. The second-order valence-corrected chi connectivity index (χ2v) is 13.7. The Morgan fingerprint density at radius 3 is 1.38 bits per heavy atom. The van der Waals surface area contributed by atoms with Crippen LogP contribution in [0.2, 0.25) is 0 Å². The summed E-state index contributed by atoms with van der Waals surface area (Å²) < 4.78 is 12.8. The van der Waals surface area contributed by atoms with Crippen molar-refractivity contribution in [3.8, 4) is 0 Å². The molecular formula is C43H79NO3. The lowest BCUT2D eigenvalue weighted by atomic mass is 10.1. The average Bonchev–Trinajstić information content (AvgIpc) is 3.54. The molecular weight excluding hydrogens is 578 g/mol. The van der Waals surface area contributed by atoms with Crippen molar-refractivity contribution in [2.24, 2.45) is 0 Å². The van der Waals surface area contributed by atoms with Gasteiger partial charge in [-0.1, -0.05) is 140 Å². The van der Waals surface area contributed by atoms with Gasteiger partial charge in [0.25, 0.3) is 0 Å². The predicted octanol–water partition coefficient (Wildman–Crippen LogP) is 12.4. The number of unbranched alkanes of at least 4 members (excludes halogenated alkanes) is 18. The molecule has 1 saturated heterocycles. The first-order valence-corrected chi connectivity index (χ1v) is 20.5. The largest absolute Gasteiger partial charge is 0.395 e. The normalized spacial score (nSPS) is 16.1. The van der Waals surface area contributed by atoms with Gasteiger partial charge < -0.3 is 14.6 Å². The molecule has 4 nitrogen and oxygen atoms in total. The number of ether oxygens (including phenoxy) is 2. The second kappa shape index (κ2) is 36.1. The molecule has 1 fully saturated rings. The van der Waals surface area contributed by atoms with E-state index >= 15 is 0 Å². The number of likely N-dealkylation sites (tertiary alicyclic amines) is 1. The molecule has 0 aromatic rings. The minimum Gasteiger partial charge on any atom is -0.395 e. The molecule has 4 heteroatoms. The molecule has 274 valence electrons. The highest BCUT2D eigenvalue weighted by Crippen LogP contribution is 2.23. The van der Waals surface area contributed by atoms with E-state index in [-0.39, 0.29) is 18.9 Å². The zero-order chi connectivity index (χ0) is 33.7. The van der Waals surface area contributed by atoms with Gasteiger partial charge in [0.15, 0.2) is 6.29 Å². The first-order valence-electron chi connectivity index (χ1n) is 20.5. The van der Waals surface area contributed by atoms with Crippen LogP contribution < -0.4 is 0 Å². The van der Waals surface area contributed by atoms with E-state index in [0.29, 0.717) is 0 Å². The minimum absolute atomic E-state index is 0.153. The predicted molar refractivity (Wildman–Crippen MR) is 206 cm³/mol. The van der Waals surface area contributed by atoms with Gasteiger partial charge in [0.2, 0.25) is 0 Å². The Labute approximate surface area is 293 Å². The third-order valence-electron chi connectivity index (χ3n) is 9.37. The van der Waals surface area contributed by atoms with Crippen LogP contribution in [0.4, 0.5) is 0 Å². The van der Waals surface area contributed by atoms with Gasteiger partial charge in [-0.15, -0.1) is 0 Å². The maximum atomic E-state index is 9.55. The lowest BCUT2D eigenvalue weighted by Crippen LogP contribution is -2.43. The van der Waals surface area contributed by atoms with Gasteiger partial charge >= 0.3 is 0 Å². The Bertz CT molecular complexity index is 695. The summed E-state index contributed by atoms with van der Waals surface area (Å²) >= 11 is 0. The monoisotopic (exact) mass is 658 g/mol. The number of β-amino-alcohol motifs (C(OH)–C–C–N with tert-alkyl or cyclic N) is 1. The van der Waals surface area contributed by atoms with Crippen LogP contribution in [0, 0.1) is 0 Å². The van der Waals surface area contributed by atoms with Crippen LogP contribution >= 0.6 is 0 Å². The van der Waals surface area contributed by atoms with E-state index in [0.717, 1.165) is 58.4 Å². The third-order valence-corrected chi connectivity index (χ3v) is 9.37. The molecule has 0 aliphatic carbocycles. The Balaban J connectivity index is 2.10. The van der Waals surface area contributed by atoms with Crippen molar-refractivity contribution < 1.29 is 14.6 Å². The fourth-order valence-corrected chi connectivity index (χ4v) is 6.42. The minimum atomic E-state index is -0.153. The molecule has 0 unspecified atom stereocenters. The summed E-state index contributed by atoms with van der Waals surface area (Å²) in [4.78, 5) is 2.38. The standard InChI is InChI=1S/C43H79NO3/c1-3-5-7-9-11-13-15-17-19-21-23-25-27-29-31-33-40-46-43(42-36-35-37-44(42)38-39-45)47-41-34-32-30-28-26-24-22-20-18-16-14-12-10-8-6-4-2/h11-14,17-20,42-43,45H,3-10,15-16,21-41H2,1-2H3/b13-11-,14-12-,19-17-,20-18-/t42-/m1/s1. The van der Waals surface area contributed by atoms with Gasteiger partial charge in [-0.2, -0.15) is 0 Å². The Kier molecular flexibility index (Phi) is 33.6. The summed E-state index contributed by atoms with van der Waals surface area (Å²) in [7, 11) is 0. The molecule has 1 rings (SSSR count). The van der Waals surface area contributed by atoms with E-state index in [2.05, 4.69) is 67.4 Å². The highest BCUT2D eigenvalue weighted by Gasteiger charge is 2.32. The quantitative estimate of drug-likeness (QED) is 0.0418. The van der Waals surface area contributed by atoms with Crippen molar-refractivity contribution >= 4 is 0 Å². The molecule has 0 aromatic carbocycles. The van der Waals surface area contributed by atoms with Gasteiger partial charge in [-0.3, -0.25) is 4.90 Å². The lowest BCUT2D eigenvalue weighted by molar-refractivity contribution is -0.175. The van der Waals surface area contributed by atoms with Crippen molar-refractivity contribution in [1.82, 2.24) is 4.90 Å². The van der Waals surface area contributed by atoms with Crippen molar-refractivity contribution in [3.05, 3.63) is 48.6 Å². The van der Waals surface area contributed by atoms with Crippen molar-refractivity contribution in [2.75, 3.05) is 32.9 Å². The number of nitrogens with zero attached hydrogens (tertiary/aromatic N) is 1. The van der Waals surface area contributed by atoms with E-state index in [4.69, 9.17) is 9.47 Å². The van der Waals surface area contributed by atoms with E-state index in [1.54, 1.807) is 0 Å². The molecule has 0 radical (unpaired) electrons. The highest BCUT2D eigenvalue weighted by molar-refractivity contribution is 4.93. The summed E-state index contributed by atoms with van der Waals surface area (Å²) in [6, 6.07) is 0.288. The SMILES string of the molecule is CCCCC/C=C\C/C=C\CCCCCCCCOC(OCCCCCCCC/C=C\C/C=C\CCCCC)[C@H]1CCCN1CCO. The number of rotatable bonds is 35. The first kappa shape index (κ1) is 43.8. The molecule has 0 saturated carbocycles. The zero-order valence-corrected chi connectivity index (χ0v) is 31.4. The highest BCUT2D eigenvalue weighted by atomic mass is 16.7. The number of aliphatic hydroxyl groups is 1. The molecule has 1 N–H and O–H groups in total. The van der Waals surface area contributed by atoms with E-state index in [9.17, 15) is 5.11 Å². The van der Waals surface area contributed by atoms with Crippen LogP contribution in [0.3, 0.4) is 0 Å². The Morgan fingerprint density at radius 2 is 0.957 bits per heavy atom. The smallest absolute Gasteiger partial charge is 0.172 e. The van der Waals surface area contributed by atoms with Crippen LogP contribution in [-0.2, 0) is 9.47 Å². The second-order valence-electron chi connectivity index (χ2n) is 13.7. The molecule has 1 heterocycles. The maximum Gasteiger partial charge on any atom is 0.172 e. The molecule has 0 spiro atoms. The number of allylic oxidation sites excluding steroid dienone is 8. The van der Waals surface area contributed by atoms with Crippen LogP contribution in [0.5, 0.6) is 0 Å². The van der Waals surface area contributed by atoms with Gasteiger partial charge in [0, 0.05) is 19.8 Å². The molecule has 47 heavy (non-hydrogen) atoms. The van der Waals surface area contributed by atoms with Gasteiger partial charge in [-0.05, 0) is 96.4 Å². The number of aliphatic hydroxyl groups excluding tert-OH is 1. The number of hydrogen-bond donors (Lipinski definition) is 1. The summed E-state index contributed by atoms with van der Waals surface area (Å²) in [5.41, 5.74) is 0. The summed E-state index contributed by atoms with van der Waals surface area (Å²) in [5, 5.41) is 9.55. The summed E-state index contributed by atoms with van der Waals surface area (Å²) in [6.07, 6.45) is 51.1. The van der Waals surface area contributed by atoms with Gasteiger partial charge in [0.1, 0.15) is 0 Å². The molecule has 1 atom stereocenters. The van der Waals surface area contributed by atoms with Crippen LogP contribution in [-0.4, -0.2) is 55.2 Å². The molecule has 1 aliphatic rings. The number of hydrogen-bond acceptors (Lipinski definition) is 4. The third kappa shape index (κ3) is 28.4. The topological polar surface area (TPSA) is 41.9 Å². The van der Waals surface area contributed by atoms with Crippen molar-refractivity contribution in [2.45, 2.75) is 193 Å². The van der Waals surface area contributed by atoms with E-state index < -0.39 is 0 Å². The molecule has 0 aromatic heterocycles. The van der Waals surface area contributed by atoms with Crippen molar-refractivity contribution in [1.29, 1.82) is 0 Å². The first-order chi connectivity index (χ1) is 23.3. The van der Waals surface area contributed by atoms with Crippen LogP contribution in [0.15, 0.2) is 48.6 Å². The van der Waals surface area contributed by atoms with E-state index in [1.807, 2.05) is 0 Å². The van der Waals surface area contributed by atoms with Gasteiger partial charge in [0.05, 0.1) is 12.6 Å². The van der Waals surface area contributed by atoms with Crippen molar-refractivity contribution in [3.63, 3.8) is 0 Å². The lowest BCUT2D eigenvalue weighted by Gasteiger charge is -2.31. The molecule has 0 amide bonds. The fourth-order valence-electron chi connectivity index (χ4n) is 6.42.